The van der Waals surface area contributed by atoms with Crippen molar-refractivity contribution < 1.29 is 27.2 Å². The summed E-state index contributed by atoms with van der Waals surface area (Å²) in [6.07, 6.45) is 2.49. The Balaban J connectivity index is 1.40. The van der Waals surface area contributed by atoms with Gasteiger partial charge in [-0.1, -0.05) is 6.58 Å². The molecule has 164 valence electrons. The van der Waals surface area contributed by atoms with Crippen LogP contribution in [0.3, 0.4) is 0 Å². The summed E-state index contributed by atoms with van der Waals surface area (Å²) in [6, 6.07) is 7.73. The molecule has 1 aromatic carbocycles. The fourth-order valence-corrected chi connectivity index (χ4v) is 4.98. The maximum absolute atomic E-state index is 13.0. The minimum atomic E-state index is -3.74. The third-order valence-corrected chi connectivity index (χ3v) is 7.15. The number of sulfonamides is 1. The van der Waals surface area contributed by atoms with Crippen molar-refractivity contribution in [1.29, 1.82) is 0 Å². The standard InChI is InChI=1S/C21H23N3O6S/c1-2-19(25)23-20-11-15-12-24(13-18(15)30-20)31(27,28)17-5-3-16(4-6-17)22-21(26)14-7-9-29-10-8-14/h2-6,11,14H,1,7-10,12-13H2,(H,22,26)(H,23,25). The average Bonchev–Trinajstić information content (AvgIpc) is 3.34. The zero-order valence-electron chi connectivity index (χ0n) is 16.8. The van der Waals surface area contributed by atoms with Crippen molar-refractivity contribution in [3.63, 3.8) is 0 Å². The van der Waals surface area contributed by atoms with Gasteiger partial charge in [0, 0.05) is 43.0 Å². The molecule has 2 aliphatic heterocycles. The molecule has 3 heterocycles. The predicted molar refractivity (Wildman–Crippen MR) is 113 cm³/mol. The number of ether oxygens (including phenoxy) is 1. The van der Waals surface area contributed by atoms with Crippen LogP contribution in [0.2, 0.25) is 0 Å². The van der Waals surface area contributed by atoms with Crippen molar-refractivity contribution in [3.05, 3.63) is 54.3 Å². The van der Waals surface area contributed by atoms with E-state index in [0.717, 1.165) is 6.08 Å². The van der Waals surface area contributed by atoms with E-state index in [4.69, 9.17) is 9.15 Å². The van der Waals surface area contributed by atoms with Crippen molar-refractivity contribution in [2.24, 2.45) is 5.92 Å². The van der Waals surface area contributed by atoms with Gasteiger partial charge in [0.2, 0.25) is 21.8 Å². The molecular formula is C21H23N3O6S. The van der Waals surface area contributed by atoms with Crippen LogP contribution >= 0.6 is 0 Å². The molecule has 9 nitrogen and oxygen atoms in total. The fraction of sp³-hybridized carbons (Fsp3) is 0.333. The Morgan fingerprint density at radius 2 is 1.81 bits per heavy atom. The average molecular weight is 445 g/mol. The molecule has 0 saturated carbocycles. The summed E-state index contributed by atoms with van der Waals surface area (Å²) in [7, 11) is -3.74. The molecule has 0 bridgehead atoms. The van der Waals surface area contributed by atoms with Gasteiger partial charge in [-0.05, 0) is 43.2 Å². The molecular weight excluding hydrogens is 422 g/mol. The quantitative estimate of drug-likeness (QED) is 0.660. The van der Waals surface area contributed by atoms with Crippen LogP contribution in [0.1, 0.15) is 24.2 Å². The molecule has 1 aromatic heterocycles. The van der Waals surface area contributed by atoms with Crippen molar-refractivity contribution in [2.75, 3.05) is 23.8 Å². The van der Waals surface area contributed by atoms with Crippen LogP contribution in [0.5, 0.6) is 0 Å². The monoisotopic (exact) mass is 445 g/mol. The highest BCUT2D eigenvalue weighted by Gasteiger charge is 2.33. The van der Waals surface area contributed by atoms with Gasteiger partial charge in [-0.2, -0.15) is 4.31 Å². The van der Waals surface area contributed by atoms with E-state index in [1.807, 2.05) is 0 Å². The SMILES string of the molecule is C=CC(=O)Nc1cc2c(o1)CN(S(=O)(=O)c1ccc(NC(=O)C3CCOCC3)cc1)C2. The Kier molecular flexibility index (Phi) is 5.94. The molecule has 1 saturated heterocycles. The lowest BCUT2D eigenvalue weighted by Crippen LogP contribution is -2.28. The molecule has 2 aliphatic rings. The Hall–Kier alpha value is -2.95. The van der Waals surface area contributed by atoms with Crippen LogP contribution in [-0.4, -0.2) is 37.8 Å². The van der Waals surface area contributed by atoms with Gasteiger partial charge in [-0.25, -0.2) is 8.42 Å². The first-order valence-electron chi connectivity index (χ1n) is 9.90. The molecule has 0 spiro atoms. The summed E-state index contributed by atoms with van der Waals surface area (Å²) in [5.74, 6) is 0.174. The Bertz CT molecular complexity index is 1080. The molecule has 10 heteroatoms. The van der Waals surface area contributed by atoms with Crippen molar-refractivity contribution >= 4 is 33.4 Å². The van der Waals surface area contributed by atoms with Crippen molar-refractivity contribution in [1.82, 2.24) is 4.31 Å². The largest absolute Gasteiger partial charge is 0.444 e. The summed E-state index contributed by atoms with van der Waals surface area (Å²) in [5, 5.41) is 5.36. The fourth-order valence-electron chi connectivity index (χ4n) is 3.61. The predicted octanol–water partition coefficient (Wildman–Crippen LogP) is 2.47. The Labute approximate surface area is 180 Å². The first-order valence-corrected chi connectivity index (χ1v) is 11.3. The number of carbonyl (C=O) groups excluding carboxylic acids is 2. The van der Waals surface area contributed by atoms with Gasteiger partial charge in [0.05, 0.1) is 11.4 Å². The van der Waals surface area contributed by atoms with Gasteiger partial charge < -0.3 is 14.5 Å². The molecule has 0 unspecified atom stereocenters. The van der Waals surface area contributed by atoms with E-state index in [9.17, 15) is 18.0 Å². The first kappa shape index (κ1) is 21.3. The van der Waals surface area contributed by atoms with Crippen molar-refractivity contribution in [3.8, 4) is 0 Å². The van der Waals surface area contributed by atoms with E-state index >= 15 is 0 Å². The number of nitrogens with zero attached hydrogens (tertiary/aromatic N) is 1. The normalized spacial score (nSPS) is 17.2. The summed E-state index contributed by atoms with van der Waals surface area (Å²) < 4.78 is 38.1. The molecule has 2 amide bonds. The Morgan fingerprint density at radius 1 is 1.10 bits per heavy atom. The highest BCUT2D eigenvalue weighted by Crippen LogP contribution is 2.33. The van der Waals surface area contributed by atoms with Crippen LogP contribution in [0, 0.1) is 5.92 Å². The van der Waals surface area contributed by atoms with Crippen LogP contribution in [0.4, 0.5) is 11.6 Å². The summed E-state index contributed by atoms with van der Waals surface area (Å²) in [5.41, 5.74) is 1.25. The molecule has 4 rings (SSSR count). The number of furan rings is 1. The number of carbonyl (C=O) groups is 2. The lowest BCUT2D eigenvalue weighted by molar-refractivity contribution is -0.122. The summed E-state index contributed by atoms with van der Waals surface area (Å²) >= 11 is 0. The molecule has 0 atom stereocenters. The number of nitrogens with one attached hydrogen (secondary N) is 2. The molecule has 1 fully saturated rings. The van der Waals surface area contributed by atoms with Crippen LogP contribution < -0.4 is 10.6 Å². The summed E-state index contributed by atoms with van der Waals surface area (Å²) in [6.45, 7) is 4.74. The molecule has 2 aromatic rings. The number of anilines is 2. The first-order chi connectivity index (χ1) is 14.9. The van der Waals surface area contributed by atoms with Crippen LogP contribution in [0.25, 0.3) is 0 Å². The minimum absolute atomic E-state index is 0.0733. The van der Waals surface area contributed by atoms with E-state index in [-0.39, 0.29) is 35.7 Å². The number of hydrogen-bond donors (Lipinski definition) is 2. The number of hydrogen-bond acceptors (Lipinski definition) is 6. The zero-order chi connectivity index (χ0) is 22.0. The third-order valence-electron chi connectivity index (χ3n) is 5.35. The maximum Gasteiger partial charge on any atom is 0.250 e. The van der Waals surface area contributed by atoms with Gasteiger partial charge >= 0.3 is 0 Å². The smallest absolute Gasteiger partial charge is 0.250 e. The van der Waals surface area contributed by atoms with Gasteiger partial charge in [0.1, 0.15) is 5.76 Å². The highest BCUT2D eigenvalue weighted by molar-refractivity contribution is 7.89. The maximum atomic E-state index is 13.0. The number of benzene rings is 1. The number of amides is 2. The van der Waals surface area contributed by atoms with Crippen LogP contribution in [-0.2, 0) is 37.4 Å². The molecule has 0 radical (unpaired) electrons. The number of fused-ring (bicyclic) bond motifs is 1. The van der Waals surface area contributed by atoms with E-state index in [2.05, 4.69) is 17.2 Å². The lowest BCUT2D eigenvalue weighted by Gasteiger charge is -2.21. The van der Waals surface area contributed by atoms with E-state index in [1.165, 1.54) is 16.4 Å². The number of rotatable bonds is 6. The second kappa shape index (κ2) is 8.66. The topological polar surface area (TPSA) is 118 Å². The molecule has 31 heavy (non-hydrogen) atoms. The van der Waals surface area contributed by atoms with E-state index in [1.54, 1.807) is 18.2 Å². The van der Waals surface area contributed by atoms with Gasteiger partial charge in [-0.15, -0.1) is 0 Å². The Morgan fingerprint density at radius 3 is 2.45 bits per heavy atom. The molecule has 2 N–H and O–H groups in total. The zero-order valence-corrected chi connectivity index (χ0v) is 17.6. The van der Waals surface area contributed by atoms with Crippen LogP contribution in [0.15, 0.2) is 52.3 Å². The summed E-state index contributed by atoms with van der Waals surface area (Å²) in [4.78, 5) is 23.8. The van der Waals surface area contributed by atoms with Gasteiger partial charge in [0.25, 0.3) is 0 Å². The van der Waals surface area contributed by atoms with E-state index < -0.39 is 15.9 Å². The highest BCUT2D eigenvalue weighted by atomic mass is 32.2. The third kappa shape index (κ3) is 4.55. The van der Waals surface area contributed by atoms with Gasteiger partial charge in [0.15, 0.2) is 5.88 Å². The van der Waals surface area contributed by atoms with Gasteiger partial charge in [-0.3, -0.25) is 14.9 Å². The second-order valence-electron chi connectivity index (χ2n) is 7.43. The molecule has 0 aliphatic carbocycles. The van der Waals surface area contributed by atoms with Crippen molar-refractivity contribution in [2.45, 2.75) is 30.8 Å². The lowest BCUT2D eigenvalue weighted by atomic mass is 9.99. The minimum Gasteiger partial charge on any atom is -0.444 e. The second-order valence-corrected chi connectivity index (χ2v) is 9.36. The van der Waals surface area contributed by atoms with E-state index in [0.29, 0.717) is 43.1 Å².